The van der Waals surface area contributed by atoms with Gasteiger partial charge < -0.3 is 39.7 Å². The number of amides is 4. The van der Waals surface area contributed by atoms with E-state index in [-0.39, 0.29) is 46.6 Å². The fourth-order valence-electron chi connectivity index (χ4n) is 7.97. The molecule has 0 saturated carbocycles. The molecule has 3 aliphatic heterocycles. The Hall–Kier alpha value is -5.53. The summed E-state index contributed by atoms with van der Waals surface area (Å²) in [5.74, 6) is 8.91. The second-order valence-corrected chi connectivity index (χ2v) is 17.5. The number of carbonyl (C=O) groups excluding carboxylic acids is 4. The molecule has 58 heavy (non-hydrogen) atoms. The molecule has 3 saturated heterocycles. The minimum atomic E-state index is -0.706. The summed E-state index contributed by atoms with van der Waals surface area (Å²) in [5.41, 5.74) is 5.05. The van der Waals surface area contributed by atoms with E-state index in [1.165, 1.54) is 14.2 Å². The highest BCUT2D eigenvalue weighted by atomic mass is 32.2. The monoisotopic (exact) mass is 811 g/mol. The average Bonchev–Trinajstić information content (AvgIpc) is 4.07. The predicted octanol–water partition coefficient (Wildman–Crippen LogP) is 4.64. The van der Waals surface area contributed by atoms with Crippen molar-refractivity contribution >= 4 is 45.9 Å². The largest absolute Gasteiger partial charge is 0.453 e. The number of rotatable bonds is 9. The van der Waals surface area contributed by atoms with Crippen LogP contribution in [0.2, 0.25) is 0 Å². The summed E-state index contributed by atoms with van der Waals surface area (Å²) < 4.78 is 15.1. The second-order valence-electron chi connectivity index (χ2n) is 15.4. The van der Waals surface area contributed by atoms with Crippen LogP contribution < -0.4 is 10.6 Å². The van der Waals surface area contributed by atoms with Crippen LogP contribution in [0.25, 0.3) is 22.3 Å². The zero-order valence-electron chi connectivity index (χ0n) is 33.5. The molecule has 2 aromatic carbocycles. The first-order valence-corrected chi connectivity index (χ1v) is 21.6. The molecular formula is C42H51N8O7S+. The summed E-state index contributed by atoms with van der Waals surface area (Å²) in [5, 5.41) is 5.51. The smallest absolute Gasteiger partial charge is 0.407 e. The Balaban J connectivity index is 1.02. The van der Waals surface area contributed by atoms with Crippen molar-refractivity contribution < 1.29 is 33.4 Å². The molecule has 306 valence electrons. The van der Waals surface area contributed by atoms with E-state index in [0.717, 1.165) is 52.0 Å². The Labute approximate surface area is 340 Å². The molecule has 0 bridgehead atoms. The first-order chi connectivity index (χ1) is 28.0. The Morgan fingerprint density at radius 1 is 0.879 bits per heavy atom. The number of alkyl carbamates (subject to hydrolysis) is 2. The molecule has 4 amide bonds. The highest BCUT2D eigenvalue weighted by Crippen LogP contribution is 2.34. The second kappa shape index (κ2) is 17.9. The fourth-order valence-corrected chi connectivity index (χ4v) is 9.73. The van der Waals surface area contributed by atoms with Gasteiger partial charge in [0.25, 0.3) is 0 Å². The zero-order valence-corrected chi connectivity index (χ0v) is 34.3. The number of likely N-dealkylation sites (tertiary alicyclic amines) is 1. The van der Waals surface area contributed by atoms with E-state index in [1.807, 2.05) is 66.1 Å². The number of aromatic amines is 2. The number of fused-ring (bicyclic) bond motifs is 1. The van der Waals surface area contributed by atoms with Gasteiger partial charge in [-0.2, -0.15) is 0 Å². The molecule has 4 aromatic rings. The molecular weight excluding hydrogens is 761 g/mol. The molecule has 3 fully saturated rings. The first-order valence-electron chi connectivity index (χ1n) is 19.7. The summed E-state index contributed by atoms with van der Waals surface area (Å²) >= 11 is 0. The van der Waals surface area contributed by atoms with Gasteiger partial charge >= 0.3 is 12.2 Å². The van der Waals surface area contributed by atoms with Gasteiger partial charge in [0.1, 0.15) is 35.5 Å². The lowest BCUT2D eigenvalue weighted by molar-refractivity contribution is -0.137. The lowest BCUT2D eigenvalue weighted by Crippen LogP contribution is -2.53. The number of nitrogens with zero attached hydrogens (tertiary/aromatic N) is 4. The van der Waals surface area contributed by atoms with E-state index in [4.69, 9.17) is 24.2 Å². The van der Waals surface area contributed by atoms with E-state index in [2.05, 4.69) is 38.7 Å². The Kier molecular flexibility index (Phi) is 12.6. The maximum Gasteiger partial charge on any atom is 0.407 e. The summed E-state index contributed by atoms with van der Waals surface area (Å²) in [6.07, 6.45) is 5.66. The maximum absolute atomic E-state index is 13.9. The number of nitrogens with one attached hydrogen (secondary N) is 4. The number of hydrogen-bond donors (Lipinski definition) is 4. The maximum atomic E-state index is 13.9. The first kappa shape index (κ1) is 40.7. The van der Waals surface area contributed by atoms with Crippen LogP contribution >= 0.6 is 0 Å². The number of benzene rings is 2. The van der Waals surface area contributed by atoms with Crippen molar-refractivity contribution in [3.8, 4) is 23.1 Å². The number of imidazole rings is 2. The minimum absolute atomic E-state index is 0.0295. The molecule has 7 rings (SSSR count). The van der Waals surface area contributed by atoms with Crippen molar-refractivity contribution in [1.82, 2.24) is 40.4 Å². The van der Waals surface area contributed by atoms with E-state index >= 15 is 0 Å². The number of aromatic nitrogens is 4. The van der Waals surface area contributed by atoms with E-state index in [0.29, 0.717) is 50.1 Å². The van der Waals surface area contributed by atoms with Gasteiger partial charge in [0.15, 0.2) is 5.88 Å². The molecule has 1 unspecified atom stereocenters. The van der Waals surface area contributed by atoms with Crippen LogP contribution in [0.3, 0.4) is 0 Å². The molecule has 0 spiro atoms. The lowest BCUT2D eigenvalue weighted by atomic mass is 9.90. The summed E-state index contributed by atoms with van der Waals surface area (Å²) in [6, 6.07) is 11.9. The Bertz CT molecular complexity index is 2190. The molecule has 15 nitrogen and oxygen atoms in total. The molecule has 0 radical (unpaired) electrons. The van der Waals surface area contributed by atoms with Crippen molar-refractivity contribution in [3.63, 3.8) is 0 Å². The van der Waals surface area contributed by atoms with Gasteiger partial charge in [-0.05, 0) is 73.4 Å². The van der Waals surface area contributed by atoms with Crippen molar-refractivity contribution in [2.24, 2.45) is 11.8 Å². The number of methoxy groups -OCH3 is 2. The van der Waals surface area contributed by atoms with E-state index in [1.54, 1.807) is 6.20 Å². The van der Waals surface area contributed by atoms with Gasteiger partial charge in [-0.3, -0.25) is 14.5 Å². The van der Waals surface area contributed by atoms with Gasteiger partial charge in [0.05, 0.1) is 49.4 Å². The topological polar surface area (TPSA) is 184 Å². The van der Waals surface area contributed by atoms with Crippen molar-refractivity contribution in [2.45, 2.75) is 63.7 Å². The molecule has 3 aliphatic rings. The molecule has 2 aromatic heterocycles. The Morgan fingerprint density at radius 2 is 1.59 bits per heavy atom. The normalized spacial score (nSPS) is 20.7. The molecule has 16 heteroatoms. The van der Waals surface area contributed by atoms with Crippen molar-refractivity contribution in [2.75, 3.05) is 51.9 Å². The zero-order chi connectivity index (χ0) is 40.9. The highest BCUT2D eigenvalue weighted by molar-refractivity contribution is 7.96. The summed E-state index contributed by atoms with van der Waals surface area (Å²) in [7, 11) is 2.56. The Morgan fingerprint density at radius 3 is 2.31 bits per heavy atom. The number of H-pyrrole nitrogens is 2. The van der Waals surface area contributed by atoms with Crippen LogP contribution in [0.5, 0.6) is 0 Å². The van der Waals surface area contributed by atoms with Crippen LogP contribution in [0.15, 0.2) is 48.7 Å². The van der Waals surface area contributed by atoms with Crippen molar-refractivity contribution in [3.05, 3.63) is 71.4 Å². The third kappa shape index (κ3) is 8.95. The standard InChI is InChI=1S/C42H50N8O7S/c1-25(2)35(47-41(53)55-3)39(51)50-24-58(5)23-34(50)38-44-30-15-12-27(21-31(30)45-38)9-8-26-10-13-28(14-11-26)32-22-43-37(46-32)33-7-6-18-49(33)40(52)36(48-42(54)56-4)29-16-19-57-20-17-29/h10-15,21-22,25,29,33-36H,6-7,16-20,23-24H2,1-5H3,(H3-,43,44,45,46,47,48,53,54)/p+1/t33-,34-,35-,36-,58?/m0/s1. The number of ether oxygens (including phenoxy) is 3. The van der Waals surface area contributed by atoms with Crippen LogP contribution in [-0.2, 0) is 34.7 Å². The number of hydrogen-bond acceptors (Lipinski definition) is 9. The molecule has 0 aliphatic carbocycles. The van der Waals surface area contributed by atoms with Gasteiger partial charge in [-0.15, -0.1) is 0 Å². The SMILES string of the molecule is COC(=O)N[C@H](C(=O)N1C[S+](C)C[C@H]1c1nc2ccc(C#Cc3ccc(-c4cnc([C@@H]5CCCN5C(=O)[C@@H](NC(=O)OC)C5CCOCC5)[nH]4)cc3)cc2[nH]1)C(C)C. The van der Waals surface area contributed by atoms with Crippen LogP contribution in [-0.4, -0.2) is 118 Å². The van der Waals surface area contributed by atoms with Gasteiger partial charge in [-0.1, -0.05) is 37.8 Å². The van der Waals surface area contributed by atoms with Gasteiger partial charge in [-0.25, -0.2) is 19.6 Å². The lowest BCUT2D eigenvalue weighted by Gasteiger charge is -2.34. The summed E-state index contributed by atoms with van der Waals surface area (Å²) in [4.78, 5) is 72.0. The quantitative estimate of drug-likeness (QED) is 0.138. The van der Waals surface area contributed by atoms with Gasteiger partial charge in [0.2, 0.25) is 11.8 Å². The third-order valence-electron chi connectivity index (χ3n) is 11.1. The summed E-state index contributed by atoms with van der Waals surface area (Å²) in [6.45, 7) is 5.49. The fraction of sp³-hybridized carbons (Fsp3) is 0.476. The van der Waals surface area contributed by atoms with Crippen LogP contribution in [0.1, 0.15) is 74.4 Å². The van der Waals surface area contributed by atoms with E-state index < -0.39 is 24.3 Å². The van der Waals surface area contributed by atoms with Crippen LogP contribution in [0, 0.1) is 23.7 Å². The number of carbonyl (C=O) groups is 4. The van der Waals surface area contributed by atoms with Crippen LogP contribution in [0.4, 0.5) is 9.59 Å². The van der Waals surface area contributed by atoms with E-state index in [9.17, 15) is 19.2 Å². The highest BCUT2D eigenvalue weighted by Gasteiger charge is 2.45. The average molecular weight is 812 g/mol. The molecule has 4 N–H and O–H groups in total. The molecule has 5 atom stereocenters. The minimum Gasteiger partial charge on any atom is -0.453 e. The van der Waals surface area contributed by atoms with Gasteiger partial charge in [0, 0.05) is 41.8 Å². The molecule has 5 heterocycles. The van der Waals surface area contributed by atoms with Crippen molar-refractivity contribution in [1.29, 1.82) is 0 Å². The predicted molar refractivity (Wildman–Crippen MR) is 219 cm³/mol. The third-order valence-corrected chi connectivity index (χ3v) is 12.7.